The molecule has 1 fully saturated rings. The van der Waals surface area contributed by atoms with Crippen molar-refractivity contribution in [3.05, 3.63) is 35.9 Å². The van der Waals surface area contributed by atoms with E-state index in [4.69, 9.17) is 0 Å². The van der Waals surface area contributed by atoms with Gasteiger partial charge in [-0.2, -0.15) is 0 Å². The summed E-state index contributed by atoms with van der Waals surface area (Å²) in [5.74, 6) is -0.534. The molecule has 0 atom stereocenters. The minimum Gasteiger partial charge on any atom is -0.336 e. The van der Waals surface area contributed by atoms with Gasteiger partial charge in [-0.15, -0.1) is 0 Å². The van der Waals surface area contributed by atoms with Crippen LogP contribution >= 0.6 is 0 Å². The van der Waals surface area contributed by atoms with Gasteiger partial charge in [0, 0.05) is 19.5 Å². The van der Waals surface area contributed by atoms with E-state index in [1.807, 2.05) is 18.2 Å². The van der Waals surface area contributed by atoms with Gasteiger partial charge in [0.1, 0.15) is 0 Å². The second-order valence-corrected chi connectivity index (χ2v) is 4.05. The van der Waals surface area contributed by atoms with Crippen molar-refractivity contribution in [2.75, 3.05) is 13.1 Å². The van der Waals surface area contributed by atoms with Gasteiger partial charge in [0.25, 0.3) is 5.91 Å². The molecule has 3 nitrogen and oxygen atoms in total. The fourth-order valence-electron chi connectivity index (χ4n) is 1.95. The number of ketones is 1. The minimum atomic E-state index is -0.298. The number of aryl methyl sites for hydroxylation is 1. The Morgan fingerprint density at radius 1 is 1.12 bits per heavy atom. The van der Waals surface area contributed by atoms with E-state index in [0.29, 0.717) is 19.5 Å². The summed E-state index contributed by atoms with van der Waals surface area (Å²) in [6.45, 7) is 1.30. The van der Waals surface area contributed by atoms with Gasteiger partial charge in [0.05, 0.1) is 0 Å². The molecular formula is C13H15NO2. The number of benzene rings is 1. The standard InChI is InChI=1S/C13H15NO2/c15-12-8-10-14(13(12)16)9-4-7-11-5-2-1-3-6-11/h1-3,5-6H,4,7-10H2. The second kappa shape index (κ2) is 4.92. The van der Waals surface area contributed by atoms with E-state index in [-0.39, 0.29) is 11.7 Å². The molecule has 0 radical (unpaired) electrons. The van der Waals surface area contributed by atoms with Crippen molar-refractivity contribution in [2.24, 2.45) is 0 Å². The Kier molecular flexibility index (Phi) is 3.34. The number of rotatable bonds is 4. The predicted molar refractivity (Wildman–Crippen MR) is 61.0 cm³/mol. The quantitative estimate of drug-likeness (QED) is 0.715. The highest BCUT2D eigenvalue weighted by atomic mass is 16.2. The molecule has 1 aliphatic heterocycles. The first-order chi connectivity index (χ1) is 7.77. The summed E-state index contributed by atoms with van der Waals surface area (Å²) in [5.41, 5.74) is 1.28. The zero-order chi connectivity index (χ0) is 11.4. The average molecular weight is 217 g/mol. The van der Waals surface area contributed by atoms with Gasteiger partial charge in [-0.1, -0.05) is 30.3 Å². The lowest BCUT2D eigenvalue weighted by molar-refractivity contribution is -0.140. The molecule has 0 saturated carbocycles. The largest absolute Gasteiger partial charge is 0.336 e. The first-order valence-corrected chi connectivity index (χ1v) is 5.63. The van der Waals surface area contributed by atoms with Gasteiger partial charge in [-0.05, 0) is 18.4 Å². The van der Waals surface area contributed by atoms with Crippen LogP contribution in [0.4, 0.5) is 0 Å². The van der Waals surface area contributed by atoms with Crippen molar-refractivity contribution in [2.45, 2.75) is 19.3 Å². The molecule has 1 aliphatic rings. The van der Waals surface area contributed by atoms with E-state index in [9.17, 15) is 9.59 Å². The molecule has 1 heterocycles. The fourth-order valence-corrected chi connectivity index (χ4v) is 1.95. The smallest absolute Gasteiger partial charge is 0.290 e. The Bertz CT molecular complexity index is 386. The highest BCUT2D eigenvalue weighted by Gasteiger charge is 2.28. The van der Waals surface area contributed by atoms with Crippen LogP contribution in [0.25, 0.3) is 0 Å². The number of likely N-dealkylation sites (tertiary alicyclic amines) is 1. The Morgan fingerprint density at radius 2 is 1.88 bits per heavy atom. The van der Waals surface area contributed by atoms with Crippen molar-refractivity contribution in [1.82, 2.24) is 4.90 Å². The van der Waals surface area contributed by atoms with E-state index in [2.05, 4.69) is 12.1 Å². The number of Topliss-reactive ketones (excluding diaryl/α,β-unsaturated/α-hetero) is 1. The van der Waals surface area contributed by atoms with Crippen molar-refractivity contribution in [1.29, 1.82) is 0 Å². The van der Waals surface area contributed by atoms with Crippen molar-refractivity contribution in [3.63, 3.8) is 0 Å². The maximum absolute atomic E-state index is 11.3. The van der Waals surface area contributed by atoms with Crippen molar-refractivity contribution < 1.29 is 9.59 Å². The molecular weight excluding hydrogens is 202 g/mol. The lowest BCUT2D eigenvalue weighted by Crippen LogP contribution is -2.28. The van der Waals surface area contributed by atoms with E-state index < -0.39 is 0 Å². The summed E-state index contributed by atoms with van der Waals surface area (Å²) in [7, 11) is 0. The van der Waals surface area contributed by atoms with Crippen LogP contribution in [0.2, 0.25) is 0 Å². The summed E-state index contributed by atoms with van der Waals surface area (Å²) in [5, 5.41) is 0. The SMILES string of the molecule is O=C1CCN(CCCc2ccccc2)C1=O. The summed E-state index contributed by atoms with van der Waals surface area (Å²) in [4.78, 5) is 24.0. The van der Waals surface area contributed by atoms with Gasteiger partial charge >= 0.3 is 0 Å². The average Bonchev–Trinajstić information content (AvgIpc) is 2.62. The Morgan fingerprint density at radius 3 is 2.50 bits per heavy atom. The third-order valence-electron chi connectivity index (χ3n) is 2.87. The normalized spacial score (nSPS) is 15.9. The molecule has 84 valence electrons. The lowest BCUT2D eigenvalue weighted by atomic mass is 10.1. The molecule has 1 amide bonds. The van der Waals surface area contributed by atoms with Gasteiger partial charge < -0.3 is 4.90 Å². The van der Waals surface area contributed by atoms with Crippen LogP contribution in [0, 0.1) is 0 Å². The van der Waals surface area contributed by atoms with Crippen molar-refractivity contribution in [3.8, 4) is 0 Å². The first-order valence-electron chi connectivity index (χ1n) is 5.63. The summed E-state index contributed by atoms with van der Waals surface area (Å²) in [6.07, 6.45) is 2.27. The monoisotopic (exact) mass is 217 g/mol. The molecule has 0 aromatic heterocycles. The summed E-state index contributed by atoms with van der Waals surface area (Å²) < 4.78 is 0. The zero-order valence-electron chi connectivity index (χ0n) is 9.19. The molecule has 0 unspecified atom stereocenters. The number of amides is 1. The molecule has 0 spiro atoms. The van der Waals surface area contributed by atoms with Crippen LogP contribution in [-0.4, -0.2) is 29.7 Å². The van der Waals surface area contributed by atoms with E-state index in [0.717, 1.165) is 12.8 Å². The van der Waals surface area contributed by atoms with Gasteiger partial charge in [0.2, 0.25) is 5.78 Å². The van der Waals surface area contributed by atoms with Crippen LogP contribution < -0.4 is 0 Å². The topological polar surface area (TPSA) is 37.4 Å². The molecule has 1 saturated heterocycles. The molecule has 3 heteroatoms. The maximum atomic E-state index is 11.3. The van der Waals surface area contributed by atoms with E-state index in [1.165, 1.54) is 5.56 Å². The van der Waals surface area contributed by atoms with Gasteiger partial charge in [0.15, 0.2) is 0 Å². The van der Waals surface area contributed by atoms with Crippen molar-refractivity contribution >= 4 is 11.7 Å². The third-order valence-corrected chi connectivity index (χ3v) is 2.87. The third kappa shape index (κ3) is 2.48. The number of carbonyl (C=O) groups is 2. The Labute approximate surface area is 95.1 Å². The summed E-state index contributed by atoms with van der Waals surface area (Å²) >= 11 is 0. The molecule has 16 heavy (non-hydrogen) atoms. The van der Waals surface area contributed by atoms with E-state index >= 15 is 0 Å². The molecule has 2 rings (SSSR count). The molecule has 1 aromatic carbocycles. The zero-order valence-corrected chi connectivity index (χ0v) is 9.19. The van der Waals surface area contributed by atoms with E-state index in [1.54, 1.807) is 4.90 Å². The highest BCUT2D eigenvalue weighted by molar-refractivity contribution is 6.37. The lowest BCUT2D eigenvalue weighted by Gasteiger charge is -2.13. The minimum absolute atomic E-state index is 0.236. The highest BCUT2D eigenvalue weighted by Crippen LogP contribution is 2.09. The maximum Gasteiger partial charge on any atom is 0.290 e. The van der Waals surface area contributed by atoms with Gasteiger partial charge in [-0.3, -0.25) is 9.59 Å². The van der Waals surface area contributed by atoms with Crippen LogP contribution in [0.15, 0.2) is 30.3 Å². The molecule has 0 bridgehead atoms. The van der Waals surface area contributed by atoms with Crippen LogP contribution in [0.3, 0.4) is 0 Å². The van der Waals surface area contributed by atoms with Crippen LogP contribution in [0.5, 0.6) is 0 Å². The van der Waals surface area contributed by atoms with Crippen LogP contribution in [0.1, 0.15) is 18.4 Å². The number of nitrogens with zero attached hydrogens (tertiary/aromatic N) is 1. The fraction of sp³-hybridized carbons (Fsp3) is 0.385. The van der Waals surface area contributed by atoms with Gasteiger partial charge in [-0.25, -0.2) is 0 Å². The number of hydrogen-bond acceptors (Lipinski definition) is 2. The Balaban J connectivity index is 1.77. The second-order valence-electron chi connectivity index (χ2n) is 4.05. The Hall–Kier alpha value is -1.64. The molecule has 0 aliphatic carbocycles. The predicted octanol–water partition coefficient (Wildman–Crippen LogP) is 1.42. The molecule has 1 aromatic rings. The number of hydrogen-bond donors (Lipinski definition) is 0. The number of carbonyl (C=O) groups excluding carboxylic acids is 2. The van der Waals surface area contributed by atoms with Crippen LogP contribution in [-0.2, 0) is 16.0 Å². The first kappa shape index (κ1) is 10.9. The molecule has 0 N–H and O–H groups in total. The summed E-state index contributed by atoms with van der Waals surface area (Å²) in [6, 6.07) is 10.2.